The van der Waals surface area contributed by atoms with E-state index in [1.54, 1.807) is 24.3 Å². The molecule has 0 aliphatic carbocycles. The third-order valence-electron chi connectivity index (χ3n) is 2.80. The van der Waals surface area contributed by atoms with Crippen molar-refractivity contribution in [2.24, 2.45) is 0 Å². The Hall–Kier alpha value is -2.60. The Kier molecular flexibility index (Phi) is 4.39. The minimum Gasteiger partial charge on any atom is -0.502 e. The van der Waals surface area contributed by atoms with Crippen molar-refractivity contribution in [2.75, 3.05) is 0 Å². The predicted molar refractivity (Wildman–Crippen MR) is 77.4 cm³/mol. The minimum atomic E-state index is -0.718. The number of rotatable bonds is 4. The predicted octanol–water partition coefficient (Wildman–Crippen LogP) is 2.88. The average Bonchev–Trinajstić information content (AvgIpc) is 2.45. The SMILES string of the molecule is O=C(NCc1ccc(Cl)cc1)c1ccc([N+](=O)[O-])c(O)c1. The molecule has 0 bridgehead atoms. The highest BCUT2D eigenvalue weighted by atomic mass is 35.5. The van der Waals surface area contributed by atoms with E-state index < -0.39 is 22.3 Å². The molecule has 2 aromatic rings. The number of phenols is 1. The number of benzene rings is 2. The quantitative estimate of drug-likeness (QED) is 0.671. The molecule has 1 amide bonds. The van der Waals surface area contributed by atoms with Gasteiger partial charge in [0.2, 0.25) is 0 Å². The Balaban J connectivity index is 2.05. The van der Waals surface area contributed by atoms with Gasteiger partial charge in [0.15, 0.2) is 5.75 Å². The van der Waals surface area contributed by atoms with Gasteiger partial charge in [-0.2, -0.15) is 0 Å². The summed E-state index contributed by atoms with van der Waals surface area (Å²) in [6.45, 7) is 0.285. The van der Waals surface area contributed by atoms with Crippen LogP contribution >= 0.6 is 11.6 Å². The molecule has 7 heteroatoms. The molecule has 6 nitrogen and oxygen atoms in total. The summed E-state index contributed by atoms with van der Waals surface area (Å²) in [5.74, 6) is -0.978. The van der Waals surface area contributed by atoms with Crippen molar-refractivity contribution in [3.63, 3.8) is 0 Å². The summed E-state index contributed by atoms with van der Waals surface area (Å²) >= 11 is 5.76. The second-order valence-electron chi connectivity index (χ2n) is 4.27. The van der Waals surface area contributed by atoms with Crippen molar-refractivity contribution >= 4 is 23.2 Å². The van der Waals surface area contributed by atoms with Crippen LogP contribution in [0.2, 0.25) is 5.02 Å². The number of nitro groups is 1. The van der Waals surface area contributed by atoms with Crippen molar-refractivity contribution in [1.82, 2.24) is 5.32 Å². The van der Waals surface area contributed by atoms with Crippen LogP contribution in [0.3, 0.4) is 0 Å². The zero-order chi connectivity index (χ0) is 15.4. The maximum absolute atomic E-state index is 11.9. The molecule has 0 aromatic heterocycles. The summed E-state index contributed by atoms with van der Waals surface area (Å²) in [6.07, 6.45) is 0. The molecule has 2 rings (SSSR count). The summed E-state index contributed by atoms with van der Waals surface area (Å²) in [4.78, 5) is 21.8. The fourth-order valence-electron chi connectivity index (χ4n) is 1.71. The van der Waals surface area contributed by atoms with E-state index in [-0.39, 0.29) is 12.1 Å². The lowest BCUT2D eigenvalue weighted by Gasteiger charge is -2.06. The van der Waals surface area contributed by atoms with Gasteiger partial charge < -0.3 is 10.4 Å². The highest BCUT2D eigenvalue weighted by molar-refractivity contribution is 6.30. The maximum atomic E-state index is 11.9. The van der Waals surface area contributed by atoms with Gasteiger partial charge in [-0.3, -0.25) is 14.9 Å². The van der Waals surface area contributed by atoms with Crippen LogP contribution in [0.4, 0.5) is 5.69 Å². The van der Waals surface area contributed by atoms with Crippen LogP contribution in [0.5, 0.6) is 5.75 Å². The van der Waals surface area contributed by atoms with E-state index in [2.05, 4.69) is 5.32 Å². The molecule has 21 heavy (non-hydrogen) atoms. The zero-order valence-corrected chi connectivity index (χ0v) is 11.5. The van der Waals surface area contributed by atoms with Crippen LogP contribution in [0.15, 0.2) is 42.5 Å². The second-order valence-corrected chi connectivity index (χ2v) is 4.71. The molecule has 0 atom stereocenters. The molecule has 0 saturated heterocycles. The maximum Gasteiger partial charge on any atom is 0.310 e. The standard InChI is InChI=1S/C14H11ClN2O4/c15-11-4-1-9(2-5-11)8-16-14(19)10-3-6-12(17(20)21)13(18)7-10/h1-7,18H,8H2,(H,16,19). The summed E-state index contributed by atoms with van der Waals surface area (Å²) < 4.78 is 0. The summed E-state index contributed by atoms with van der Waals surface area (Å²) in [7, 11) is 0. The van der Waals surface area contributed by atoms with Crippen LogP contribution in [0, 0.1) is 10.1 Å². The topological polar surface area (TPSA) is 92.5 Å². The van der Waals surface area contributed by atoms with E-state index in [0.717, 1.165) is 17.7 Å². The molecule has 108 valence electrons. The van der Waals surface area contributed by atoms with Crippen LogP contribution in [-0.4, -0.2) is 15.9 Å². The Morgan fingerprint density at radius 1 is 1.24 bits per heavy atom. The first-order valence-electron chi connectivity index (χ1n) is 5.97. The molecule has 0 aliphatic rings. The first-order chi connectivity index (χ1) is 9.97. The number of nitro benzene ring substituents is 1. The Morgan fingerprint density at radius 3 is 2.48 bits per heavy atom. The molecule has 2 N–H and O–H groups in total. The average molecular weight is 307 g/mol. The molecule has 0 fully saturated rings. The lowest BCUT2D eigenvalue weighted by molar-refractivity contribution is -0.385. The smallest absolute Gasteiger partial charge is 0.310 e. The molecule has 2 aromatic carbocycles. The van der Waals surface area contributed by atoms with Crippen molar-refractivity contribution in [2.45, 2.75) is 6.54 Å². The van der Waals surface area contributed by atoms with Gasteiger partial charge in [0.25, 0.3) is 5.91 Å². The van der Waals surface area contributed by atoms with E-state index in [1.807, 2.05) is 0 Å². The van der Waals surface area contributed by atoms with Crippen LogP contribution in [0.1, 0.15) is 15.9 Å². The van der Waals surface area contributed by atoms with E-state index in [0.29, 0.717) is 5.02 Å². The number of carbonyl (C=O) groups excluding carboxylic acids is 1. The number of amides is 1. The Bertz CT molecular complexity index is 686. The number of carbonyl (C=O) groups is 1. The first-order valence-corrected chi connectivity index (χ1v) is 6.35. The molecular weight excluding hydrogens is 296 g/mol. The van der Waals surface area contributed by atoms with Crippen LogP contribution < -0.4 is 5.32 Å². The summed E-state index contributed by atoms with van der Waals surface area (Å²) in [6, 6.07) is 10.4. The van der Waals surface area contributed by atoms with Gasteiger partial charge in [0.1, 0.15) is 0 Å². The number of hydrogen-bond acceptors (Lipinski definition) is 4. The molecule has 0 spiro atoms. The molecule has 0 saturated carbocycles. The minimum absolute atomic E-state index is 0.145. The summed E-state index contributed by atoms with van der Waals surface area (Å²) in [5, 5.41) is 23.3. The van der Waals surface area contributed by atoms with Gasteiger partial charge >= 0.3 is 5.69 Å². The van der Waals surface area contributed by atoms with Crippen molar-refractivity contribution < 1.29 is 14.8 Å². The number of halogens is 1. The third-order valence-corrected chi connectivity index (χ3v) is 3.05. The van der Waals surface area contributed by atoms with Crippen molar-refractivity contribution in [1.29, 1.82) is 0 Å². The lowest BCUT2D eigenvalue weighted by atomic mass is 10.1. The van der Waals surface area contributed by atoms with Gasteiger partial charge in [-0.05, 0) is 29.8 Å². The highest BCUT2D eigenvalue weighted by Gasteiger charge is 2.15. The van der Waals surface area contributed by atoms with Gasteiger partial charge in [0.05, 0.1) is 4.92 Å². The molecule has 0 heterocycles. The van der Waals surface area contributed by atoms with Gasteiger partial charge in [-0.15, -0.1) is 0 Å². The van der Waals surface area contributed by atoms with E-state index >= 15 is 0 Å². The Morgan fingerprint density at radius 2 is 1.90 bits per heavy atom. The van der Waals surface area contributed by atoms with Crippen molar-refractivity contribution in [3.05, 3.63) is 68.7 Å². The highest BCUT2D eigenvalue weighted by Crippen LogP contribution is 2.26. The van der Waals surface area contributed by atoms with Gasteiger partial charge in [-0.25, -0.2) is 0 Å². The molecule has 0 aliphatic heterocycles. The van der Waals surface area contributed by atoms with E-state index in [9.17, 15) is 20.0 Å². The summed E-state index contributed by atoms with van der Waals surface area (Å²) in [5.41, 5.74) is 0.565. The Labute approximate surface area is 125 Å². The number of phenolic OH excluding ortho intramolecular Hbond substituents is 1. The number of aromatic hydroxyl groups is 1. The van der Waals surface area contributed by atoms with E-state index in [4.69, 9.17) is 11.6 Å². The zero-order valence-electron chi connectivity index (χ0n) is 10.7. The molecule has 0 radical (unpaired) electrons. The number of nitrogens with one attached hydrogen (secondary N) is 1. The largest absolute Gasteiger partial charge is 0.502 e. The van der Waals surface area contributed by atoms with Gasteiger partial charge in [0, 0.05) is 23.2 Å². The van der Waals surface area contributed by atoms with Crippen LogP contribution in [-0.2, 0) is 6.54 Å². The van der Waals surface area contributed by atoms with Gasteiger partial charge in [-0.1, -0.05) is 23.7 Å². The van der Waals surface area contributed by atoms with Crippen LogP contribution in [0.25, 0.3) is 0 Å². The molecular formula is C14H11ClN2O4. The monoisotopic (exact) mass is 306 g/mol. The van der Waals surface area contributed by atoms with E-state index in [1.165, 1.54) is 6.07 Å². The third kappa shape index (κ3) is 3.70. The van der Waals surface area contributed by atoms with Crippen molar-refractivity contribution in [3.8, 4) is 5.75 Å². The number of nitrogens with zero attached hydrogens (tertiary/aromatic N) is 1. The fourth-order valence-corrected chi connectivity index (χ4v) is 1.83. The second kappa shape index (κ2) is 6.23. The first kappa shape index (κ1) is 14.8. The molecule has 0 unspecified atom stereocenters. The fraction of sp³-hybridized carbons (Fsp3) is 0.0714. The lowest BCUT2D eigenvalue weighted by Crippen LogP contribution is -2.22. The number of hydrogen-bond donors (Lipinski definition) is 2. The normalized spacial score (nSPS) is 10.1.